The lowest BCUT2D eigenvalue weighted by molar-refractivity contribution is 0.174. The molecule has 1 aliphatic rings. The van der Waals surface area contributed by atoms with Crippen LogP contribution < -0.4 is 14.8 Å². The van der Waals surface area contributed by atoms with Gasteiger partial charge in [0.15, 0.2) is 11.5 Å². The van der Waals surface area contributed by atoms with Crippen LogP contribution >= 0.6 is 0 Å². The maximum atomic E-state index is 10.4. The summed E-state index contributed by atoms with van der Waals surface area (Å²) in [5.74, 6) is 1.54. The van der Waals surface area contributed by atoms with Crippen molar-refractivity contribution in [1.29, 1.82) is 0 Å². The summed E-state index contributed by atoms with van der Waals surface area (Å²) in [5, 5.41) is 18.4. The van der Waals surface area contributed by atoms with Gasteiger partial charge in [-0.25, -0.2) is 0 Å². The van der Waals surface area contributed by atoms with Crippen molar-refractivity contribution in [3.63, 3.8) is 0 Å². The fourth-order valence-corrected chi connectivity index (χ4v) is 3.47. The van der Waals surface area contributed by atoms with Crippen molar-refractivity contribution in [1.82, 2.24) is 15.1 Å². The van der Waals surface area contributed by atoms with Crippen LogP contribution in [0.5, 0.6) is 11.5 Å². The van der Waals surface area contributed by atoms with Crippen molar-refractivity contribution < 1.29 is 14.6 Å². The first kappa shape index (κ1) is 19.5. The quantitative estimate of drug-likeness (QED) is 0.672. The second kappa shape index (κ2) is 8.68. The molecule has 0 saturated heterocycles. The van der Waals surface area contributed by atoms with E-state index in [2.05, 4.69) is 10.4 Å². The standard InChI is InChI=1S/C23H27N3O3/c1-16-4-6-17(7-5-16)20(27)14-24-13-19-15-26(2)25-23(19)18-8-9-21-22(12-18)29-11-3-10-28-21/h4-9,12,15,20,24,27H,3,10-11,13-14H2,1-2H3. The molecule has 4 rings (SSSR count). The Morgan fingerprint density at radius 3 is 2.66 bits per heavy atom. The monoisotopic (exact) mass is 393 g/mol. The number of aryl methyl sites for hydroxylation is 2. The maximum Gasteiger partial charge on any atom is 0.161 e. The van der Waals surface area contributed by atoms with E-state index in [-0.39, 0.29) is 0 Å². The number of rotatable bonds is 6. The number of hydrogen-bond donors (Lipinski definition) is 2. The molecular formula is C23H27N3O3. The van der Waals surface area contributed by atoms with Gasteiger partial charge in [-0.15, -0.1) is 0 Å². The third-order valence-electron chi connectivity index (χ3n) is 5.04. The number of aliphatic hydroxyl groups is 1. The van der Waals surface area contributed by atoms with Gasteiger partial charge in [0.25, 0.3) is 0 Å². The van der Waals surface area contributed by atoms with E-state index in [0.717, 1.165) is 40.3 Å². The van der Waals surface area contributed by atoms with Gasteiger partial charge in [-0.3, -0.25) is 4.68 Å². The molecule has 0 aliphatic carbocycles. The Balaban J connectivity index is 1.46. The molecule has 6 heteroatoms. The van der Waals surface area contributed by atoms with Gasteiger partial charge in [-0.2, -0.15) is 5.10 Å². The van der Waals surface area contributed by atoms with Crippen LogP contribution in [0.25, 0.3) is 11.3 Å². The highest BCUT2D eigenvalue weighted by atomic mass is 16.5. The van der Waals surface area contributed by atoms with E-state index >= 15 is 0 Å². The number of hydrogen-bond acceptors (Lipinski definition) is 5. The summed E-state index contributed by atoms with van der Waals surface area (Å²) in [6.07, 6.45) is 2.34. The van der Waals surface area contributed by atoms with E-state index in [9.17, 15) is 5.11 Å². The molecular weight excluding hydrogens is 366 g/mol. The Bertz CT molecular complexity index is 966. The van der Waals surface area contributed by atoms with Crippen molar-refractivity contribution in [2.75, 3.05) is 19.8 Å². The van der Waals surface area contributed by atoms with Crippen LogP contribution in [-0.2, 0) is 13.6 Å². The molecule has 2 heterocycles. The summed E-state index contributed by atoms with van der Waals surface area (Å²) in [7, 11) is 1.91. The van der Waals surface area contributed by atoms with E-state index in [1.54, 1.807) is 0 Å². The zero-order valence-electron chi connectivity index (χ0n) is 16.9. The molecule has 1 atom stereocenters. The third kappa shape index (κ3) is 4.60. The molecule has 1 unspecified atom stereocenters. The minimum Gasteiger partial charge on any atom is -0.490 e. The van der Waals surface area contributed by atoms with Gasteiger partial charge in [0.2, 0.25) is 0 Å². The van der Waals surface area contributed by atoms with E-state index in [1.807, 2.05) is 67.3 Å². The normalized spacial score (nSPS) is 14.4. The van der Waals surface area contributed by atoms with E-state index < -0.39 is 6.10 Å². The molecule has 1 aromatic heterocycles. The number of benzene rings is 2. The molecule has 0 spiro atoms. The highest BCUT2D eigenvalue weighted by Gasteiger charge is 2.16. The second-order valence-electron chi connectivity index (χ2n) is 7.45. The first-order chi connectivity index (χ1) is 14.1. The molecule has 29 heavy (non-hydrogen) atoms. The minimum absolute atomic E-state index is 0.471. The first-order valence-electron chi connectivity index (χ1n) is 9.98. The topological polar surface area (TPSA) is 68.5 Å². The molecule has 2 N–H and O–H groups in total. The van der Waals surface area contributed by atoms with Gasteiger partial charge in [-0.1, -0.05) is 29.8 Å². The molecule has 0 radical (unpaired) electrons. The Morgan fingerprint density at radius 2 is 1.86 bits per heavy atom. The Labute approximate surface area is 171 Å². The highest BCUT2D eigenvalue weighted by Crippen LogP contribution is 2.34. The van der Waals surface area contributed by atoms with Crippen LogP contribution in [-0.4, -0.2) is 34.6 Å². The molecule has 0 fully saturated rings. The number of nitrogens with zero attached hydrogens (tertiary/aromatic N) is 2. The predicted molar refractivity (Wildman–Crippen MR) is 112 cm³/mol. The van der Waals surface area contributed by atoms with Crippen LogP contribution in [0.2, 0.25) is 0 Å². The largest absolute Gasteiger partial charge is 0.490 e. The summed E-state index contributed by atoms with van der Waals surface area (Å²) in [4.78, 5) is 0. The summed E-state index contributed by atoms with van der Waals surface area (Å²) in [6.45, 7) is 4.45. The molecule has 0 saturated carbocycles. The summed E-state index contributed by atoms with van der Waals surface area (Å²) in [6, 6.07) is 13.9. The molecule has 6 nitrogen and oxygen atoms in total. The molecule has 3 aromatic rings. The smallest absolute Gasteiger partial charge is 0.161 e. The number of fused-ring (bicyclic) bond motifs is 1. The predicted octanol–water partition coefficient (Wildman–Crippen LogP) is 3.38. The number of ether oxygens (including phenoxy) is 2. The summed E-state index contributed by atoms with van der Waals surface area (Å²) >= 11 is 0. The maximum absolute atomic E-state index is 10.4. The van der Waals surface area contributed by atoms with Crippen molar-refractivity contribution in [3.05, 3.63) is 65.4 Å². The van der Waals surface area contributed by atoms with Crippen LogP contribution in [0.4, 0.5) is 0 Å². The molecule has 2 aromatic carbocycles. The van der Waals surface area contributed by atoms with Crippen LogP contribution in [0, 0.1) is 6.92 Å². The Kier molecular flexibility index (Phi) is 5.83. The van der Waals surface area contributed by atoms with Crippen LogP contribution in [0.1, 0.15) is 29.2 Å². The van der Waals surface area contributed by atoms with E-state index in [0.29, 0.717) is 26.3 Å². The lowest BCUT2D eigenvalue weighted by Crippen LogP contribution is -2.21. The highest BCUT2D eigenvalue weighted by molar-refractivity contribution is 5.66. The molecule has 0 bridgehead atoms. The van der Waals surface area contributed by atoms with Crippen molar-refractivity contribution in [2.24, 2.45) is 7.05 Å². The molecule has 152 valence electrons. The fourth-order valence-electron chi connectivity index (χ4n) is 3.47. The Hall–Kier alpha value is -2.83. The number of aliphatic hydroxyl groups excluding tert-OH is 1. The zero-order chi connectivity index (χ0) is 20.2. The van der Waals surface area contributed by atoms with Gasteiger partial charge < -0.3 is 19.9 Å². The van der Waals surface area contributed by atoms with Crippen molar-refractivity contribution >= 4 is 0 Å². The number of nitrogens with one attached hydrogen (secondary N) is 1. The average molecular weight is 393 g/mol. The lowest BCUT2D eigenvalue weighted by atomic mass is 10.1. The van der Waals surface area contributed by atoms with Crippen molar-refractivity contribution in [2.45, 2.75) is 26.0 Å². The summed E-state index contributed by atoms with van der Waals surface area (Å²) in [5.41, 5.74) is 5.06. The van der Waals surface area contributed by atoms with Crippen LogP contribution in [0.15, 0.2) is 48.7 Å². The van der Waals surface area contributed by atoms with E-state index in [4.69, 9.17) is 9.47 Å². The Morgan fingerprint density at radius 1 is 1.10 bits per heavy atom. The van der Waals surface area contributed by atoms with Gasteiger partial charge in [0.05, 0.1) is 25.0 Å². The van der Waals surface area contributed by atoms with Gasteiger partial charge in [0.1, 0.15) is 0 Å². The fraction of sp³-hybridized carbons (Fsp3) is 0.348. The average Bonchev–Trinajstić information content (AvgIpc) is 2.94. The van der Waals surface area contributed by atoms with Gasteiger partial charge in [-0.05, 0) is 30.7 Å². The lowest BCUT2D eigenvalue weighted by Gasteiger charge is -2.13. The molecule has 0 amide bonds. The molecule has 1 aliphatic heterocycles. The zero-order valence-corrected chi connectivity index (χ0v) is 16.9. The SMILES string of the molecule is Cc1ccc(C(O)CNCc2cn(C)nc2-c2ccc3c(c2)OCCCO3)cc1. The van der Waals surface area contributed by atoms with Crippen LogP contribution in [0.3, 0.4) is 0 Å². The number of aromatic nitrogens is 2. The summed E-state index contributed by atoms with van der Waals surface area (Å²) < 4.78 is 13.4. The third-order valence-corrected chi connectivity index (χ3v) is 5.04. The minimum atomic E-state index is -0.547. The van der Waals surface area contributed by atoms with E-state index in [1.165, 1.54) is 5.56 Å². The first-order valence-corrected chi connectivity index (χ1v) is 9.98. The van der Waals surface area contributed by atoms with Gasteiger partial charge in [0, 0.05) is 43.9 Å². The van der Waals surface area contributed by atoms with Gasteiger partial charge >= 0.3 is 0 Å². The van der Waals surface area contributed by atoms with Crippen molar-refractivity contribution in [3.8, 4) is 22.8 Å². The second-order valence-corrected chi connectivity index (χ2v) is 7.45.